The second kappa shape index (κ2) is 7.29. The maximum atomic E-state index is 12.0. The molecule has 1 saturated heterocycles. The number of aryl methyl sites for hydroxylation is 1. The first-order valence-corrected chi connectivity index (χ1v) is 8.69. The van der Waals surface area contributed by atoms with Crippen LogP contribution in [-0.4, -0.2) is 51.5 Å². The van der Waals surface area contributed by atoms with Gasteiger partial charge in [0.05, 0.1) is 12.6 Å². The van der Waals surface area contributed by atoms with Crippen molar-refractivity contribution < 1.29 is 9.53 Å². The number of fused-ring (bicyclic) bond motifs is 1. The maximum Gasteiger partial charge on any atom is 0.409 e. The number of aromatic nitrogens is 3. The van der Waals surface area contributed by atoms with Gasteiger partial charge in [-0.25, -0.2) is 14.5 Å². The third kappa shape index (κ3) is 4.02. The summed E-state index contributed by atoms with van der Waals surface area (Å²) in [5, 5.41) is 7.97. The molecule has 7 heteroatoms. The lowest BCUT2D eigenvalue weighted by atomic mass is 10.0. The average molecular weight is 321 g/mol. The van der Waals surface area contributed by atoms with Crippen LogP contribution >= 0.6 is 0 Å². The number of nitrogens with one attached hydrogen (secondary N) is 1. The van der Waals surface area contributed by atoms with E-state index >= 15 is 0 Å². The molecule has 0 bridgehead atoms. The molecule has 0 aromatic carbocycles. The summed E-state index contributed by atoms with van der Waals surface area (Å²) in [6, 6.07) is 0.716. The zero-order valence-electron chi connectivity index (χ0n) is 14.1. The number of amides is 1. The average Bonchev–Trinajstić information content (AvgIpc) is 3.03. The third-order valence-corrected chi connectivity index (χ3v) is 4.55. The van der Waals surface area contributed by atoms with Gasteiger partial charge in [0.25, 0.3) is 0 Å². The van der Waals surface area contributed by atoms with Gasteiger partial charge in [-0.3, -0.25) is 0 Å². The molecule has 0 spiro atoms. The van der Waals surface area contributed by atoms with E-state index in [0.717, 1.165) is 51.1 Å². The van der Waals surface area contributed by atoms with Crippen molar-refractivity contribution in [3.63, 3.8) is 0 Å². The van der Waals surface area contributed by atoms with Crippen molar-refractivity contribution in [1.82, 2.24) is 25.0 Å². The zero-order valence-corrected chi connectivity index (χ0v) is 14.1. The van der Waals surface area contributed by atoms with Gasteiger partial charge in [0, 0.05) is 25.7 Å². The second-order valence-corrected chi connectivity index (χ2v) is 6.93. The monoisotopic (exact) mass is 321 g/mol. The minimum absolute atomic E-state index is 0.172. The van der Waals surface area contributed by atoms with Crippen molar-refractivity contribution >= 4 is 6.09 Å². The van der Waals surface area contributed by atoms with Gasteiger partial charge in [0.1, 0.15) is 12.2 Å². The normalized spacial score (nSPS) is 22.2. The maximum absolute atomic E-state index is 12.0. The lowest BCUT2D eigenvalue weighted by Crippen LogP contribution is -2.46. The van der Waals surface area contributed by atoms with Gasteiger partial charge >= 0.3 is 6.09 Å². The molecular formula is C16H27N5O2. The molecule has 1 fully saturated rings. The summed E-state index contributed by atoms with van der Waals surface area (Å²) in [5.74, 6) is 1.43. The first-order chi connectivity index (χ1) is 11.1. The molecule has 23 heavy (non-hydrogen) atoms. The van der Waals surface area contributed by atoms with E-state index in [9.17, 15) is 4.79 Å². The number of piperidine rings is 1. The summed E-state index contributed by atoms with van der Waals surface area (Å²) in [6.07, 6.45) is 5.63. The Bertz CT molecular complexity index is 522. The Kier molecular flexibility index (Phi) is 5.15. The smallest absolute Gasteiger partial charge is 0.409 e. The van der Waals surface area contributed by atoms with Gasteiger partial charge in [-0.2, -0.15) is 5.10 Å². The largest absolute Gasteiger partial charge is 0.449 e. The highest BCUT2D eigenvalue weighted by Crippen LogP contribution is 2.24. The summed E-state index contributed by atoms with van der Waals surface area (Å²) < 4.78 is 7.31. The lowest BCUT2D eigenvalue weighted by molar-refractivity contribution is 0.0806. The quantitative estimate of drug-likeness (QED) is 0.918. The SMILES string of the molecule is CC(C)COC(=O)N1CCC(N[C@@H]2CCCn3ncnc32)CC1. The molecule has 0 aliphatic carbocycles. The summed E-state index contributed by atoms with van der Waals surface area (Å²) in [5.41, 5.74) is 0. The summed E-state index contributed by atoms with van der Waals surface area (Å²) in [6.45, 7) is 7.07. The van der Waals surface area contributed by atoms with Crippen LogP contribution in [0.1, 0.15) is 51.4 Å². The molecule has 1 amide bonds. The van der Waals surface area contributed by atoms with Gasteiger partial charge in [0.2, 0.25) is 0 Å². The van der Waals surface area contributed by atoms with E-state index in [0.29, 0.717) is 18.6 Å². The predicted octanol–water partition coefficient (Wildman–Crippen LogP) is 1.96. The Balaban J connectivity index is 1.46. The Morgan fingerprint density at radius 3 is 2.87 bits per heavy atom. The molecule has 3 rings (SSSR count). The Morgan fingerprint density at radius 2 is 2.13 bits per heavy atom. The van der Waals surface area contributed by atoms with Gasteiger partial charge < -0.3 is 15.0 Å². The molecule has 1 aromatic heterocycles. The van der Waals surface area contributed by atoms with Crippen LogP contribution in [0.15, 0.2) is 6.33 Å². The number of nitrogens with zero attached hydrogens (tertiary/aromatic N) is 4. The molecule has 2 aliphatic heterocycles. The number of carbonyl (C=O) groups excluding carboxylic acids is 1. The van der Waals surface area contributed by atoms with E-state index in [1.165, 1.54) is 0 Å². The highest BCUT2D eigenvalue weighted by molar-refractivity contribution is 5.67. The van der Waals surface area contributed by atoms with E-state index in [2.05, 4.69) is 15.4 Å². The molecule has 1 aromatic rings. The van der Waals surface area contributed by atoms with E-state index < -0.39 is 0 Å². The van der Waals surface area contributed by atoms with Gasteiger partial charge in [-0.1, -0.05) is 13.8 Å². The Morgan fingerprint density at radius 1 is 1.35 bits per heavy atom. The fourth-order valence-electron chi connectivity index (χ4n) is 3.29. The van der Waals surface area contributed by atoms with Crippen molar-refractivity contribution in [3.8, 4) is 0 Å². The van der Waals surface area contributed by atoms with Crippen molar-refractivity contribution in [2.45, 2.75) is 58.2 Å². The van der Waals surface area contributed by atoms with Crippen molar-refractivity contribution in [2.75, 3.05) is 19.7 Å². The lowest BCUT2D eigenvalue weighted by Gasteiger charge is -2.34. The summed E-state index contributed by atoms with van der Waals surface area (Å²) in [4.78, 5) is 18.2. The standard InChI is InChI=1S/C16H27N5O2/c1-12(2)10-23-16(22)20-8-5-13(6-9-20)19-14-4-3-7-21-15(14)17-11-18-21/h11-14,19H,3-10H2,1-2H3/t14-/m1/s1. The number of rotatable bonds is 4. The van der Waals surface area contributed by atoms with Crippen molar-refractivity contribution in [3.05, 3.63) is 12.2 Å². The third-order valence-electron chi connectivity index (χ3n) is 4.55. The molecule has 0 saturated carbocycles. The van der Waals surface area contributed by atoms with Crippen LogP contribution in [0.3, 0.4) is 0 Å². The van der Waals surface area contributed by atoms with Crippen LogP contribution in [0, 0.1) is 5.92 Å². The number of carbonyl (C=O) groups is 1. The first kappa shape index (κ1) is 16.2. The summed E-state index contributed by atoms with van der Waals surface area (Å²) in [7, 11) is 0. The molecule has 128 valence electrons. The Labute approximate surface area is 137 Å². The highest BCUT2D eigenvalue weighted by Gasteiger charge is 2.28. The number of ether oxygens (including phenoxy) is 1. The molecule has 1 N–H and O–H groups in total. The predicted molar refractivity (Wildman–Crippen MR) is 85.9 cm³/mol. The molecule has 0 unspecified atom stereocenters. The minimum atomic E-state index is -0.172. The molecular weight excluding hydrogens is 294 g/mol. The van der Waals surface area contributed by atoms with E-state index in [1.54, 1.807) is 6.33 Å². The number of hydrogen-bond acceptors (Lipinski definition) is 5. The van der Waals surface area contributed by atoms with Crippen LogP contribution in [0.2, 0.25) is 0 Å². The molecule has 7 nitrogen and oxygen atoms in total. The molecule has 2 aliphatic rings. The van der Waals surface area contributed by atoms with E-state index in [-0.39, 0.29) is 12.1 Å². The fourth-order valence-corrected chi connectivity index (χ4v) is 3.29. The van der Waals surface area contributed by atoms with Crippen molar-refractivity contribution in [2.24, 2.45) is 5.92 Å². The molecule has 0 radical (unpaired) electrons. The van der Waals surface area contributed by atoms with Crippen LogP contribution in [0.25, 0.3) is 0 Å². The van der Waals surface area contributed by atoms with Gasteiger partial charge in [-0.15, -0.1) is 0 Å². The van der Waals surface area contributed by atoms with E-state index in [4.69, 9.17) is 4.74 Å². The first-order valence-electron chi connectivity index (χ1n) is 8.69. The van der Waals surface area contributed by atoms with Crippen LogP contribution < -0.4 is 5.32 Å². The molecule has 3 heterocycles. The Hall–Kier alpha value is -1.63. The van der Waals surface area contributed by atoms with Gasteiger partial charge in [-0.05, 0) is 31.6 Å². The zero-order chi connectivity index (χ0) is 16.2. The molecule has 1 atom stereocenters. The summed E-state index contributed by atoms with van der Waals surface area (Å²) >= 11 is 0. The van der Waals surface area contributed by atoms with Crippen LogP contribution in [-0.2, 0) is 11.3 Å². The highest BCUT2D eigenvalue weighted by atomic mass is 16.6. The fraction of sp³-hybridized carbons (Fsp3) is 0.812. The number of likely N-dealkylation sites (tertiary alicyclic amines) is 1. The topological polar surface area (TPSA) is 72.3 Å². The second-order valence-electron chi connectivity index (χ2n) is 6.93. The van der Waals surface area contributed by atoms with Gasteiger partial charge in [0.15, 0.2) is 0 Å². The van der Waals surface area contributed by atoms with Crippen LogP contribution in [0.4, 0.5) is 4.79 Å². The number of hydrogen-bond donors (Lipinski definition) is 1. The van der Waals surface area contributed by atoms with E-state index in [1.807, 2.05) is 23.4 Å². The van der Waals surface area contributed by atoms with Crippen molar-refractivity contribution in [1.29, 1.82) is 0 Å². The minimum Gasteiger partial charge on any atom is -0.449 e. The van der Waals surface area contributed by atoms with Crippen LogP contribution in [0.5, 0.6) is 0 Å².